The van der Waals surface area contributed by atoms with Crippen LogP contribution < -0.4 is 4.90 Å². The second kappa shape index (κ2) is 5.91. The summed E-state index contributed by atoms with van der Waals surface area (Å²) in [4.78, 5) is 10.5. The van der Waals surface area contributed by atoms with Gasteiger partial charge in [0.1, 0.15) is 12.1 Å². The van der Waals surface area contributed by atoms with Crippen LogP contribution in [0.3, 0.4) is 0 Å². The zero-order valence-corrected chi connectivity index (χ0v) is 10.3. The standard InChI is InChI=1S/C11H18ClN3/c1-4-10-7-11(14-8-13-10)15(3)6-5-9(2)12/h7-9H,4-6H2,1-3H3. The van der Waals surface area contributed by atoms with Gasteiger partial charge in [0.15, 0.2) is 0 Å². The third-order valence-corrected chi connectivity index (χ3v) is 2.54. The van der Waals surface area contributed by atoms with Gasteiger partial charge >= 0.3 is 0 Å². The van der Waals surface area contributed by atoms with E-state index in [9.17, 15) is 0 Å². The molecule has 3 nitrogen and oxygen atoms in total. The molecule has 0 N–H and O–H groups in total. The molecule has 1 aromatic heterocycles. The number of halogens is 1. The van der Waals surface area contributed by atoms with Crippen molar-refractivity contribution in [3.8, 4) is 0 Å². The maximum absolute atomic E-state index is 5.91. The van der Waals surface area contributed by atoms with Gasteiger partial charge in [0.05, 0.1) is 0 Å². The van der Waals surface area contributed by atoms with Gasteiger partial charge in [-0.3, -0.25) is 0 Å². The van der Waals surface area contributed by atoms with E-state index in [1.54, 1.807) is 6.33 Å². The highest BCUT2D eigenvalue weighted by Crippen LogP contribution is 2.11. The molecule has 0 aromatic carbocycles. The third-order valence-electron chi connectivity index (χ3n) is 2.32. The second-order valence-corrected chi connectivity index (χ2v) is 4.46. The molecule has 84 valence electrons. The Kier molecular flexibility index (Phi) is 4.82. The van der Waals surface area contributed by atoms with Gasteiger partial charge in [-0.2, -0.15) is 0 Å². The number of hydrogen-bond acceptors (Lipinski definition) is 3. The van der Waals surface area contributed by atoms with Gasteiger partial charge < -0.3 is 4.90 Å². The van der Waals surface area contributed by atoms with Crippen molar-refractivity contribution in [1.82, 2.24) is 9.97 Å². The smallest absolute Gasteiger partial charge is 0.131 e. The van der Waals surface area contributed by atoms with E-state index in [0.717, 1.165) is 30.9 Å². The Hall–Kier alpha value is -0.830. The summed E-state index contributed by atoms with van der Waals surface area (Å²) in [6.07, 6.45) is 3.52. The van der Waals surface area contributed by atoms with E-state index in [0.29, 0.717) is 0 Å². The van der Waals surface area contributed by atoms with Gasteiger partial charge in [-0.15, -0.1) is 11.6 Å². The number of alkyl halides is 1. The van der Waals surface area contributed by atoms with Crippen molar-refractivity contribution in [2.24, 2.45) is 0 Å². The molecular formula is C11H18ClN3. The van der Waals surface area contributed by atoms with E-state index in [1.807, 2.05) is 20.0 Å². The molecule has 1 unspecified atom stereocenters. The van der Waals surface area contributed by atoms with Crippen LogP contribution in [-0.2, 0) is 6.42 Å². The first kappa shape index (κ1) is 12.2. The van der Waals surface area contributed by atoms with Crippen molar-refractivity contribution in [3.05, 3.63) is 18.1 Å². The highest BCUT2D eigenvalue weighted by atomic mass is 35.5. The molecule has 0 aliphatic heterocycles. The van der Waals surface area contributed by atoms with Gasteiger partial charge in [-0.1, -0.05) is 6.92 Å². The fourth-order valence-electron chi connectivity index (χ4n) is 1.27. The summed E-state index contributed by atoms with van der Waals surface area (Å²) >= 11 is 5.91. The Bertz CT molecular complexity index is 302. The maximum atomic E-state index is 5.91. The van der Waals surface area contributed by atoms with Crippen LogP contribution in [0.4, 0.5) is 5.82 Å². The lowest BCUT2D eigenvalue weighted by molar-refractivity contribution is 0.762. The van der Waals surface area contributed by atoms with Gasteiger partial charge in [-0.05, 0) is 19.8 Å². The van der Waals surface area contributed by atoms with E-state index in [2.05, 4.69) is 21.8 Å². The first-order chi connectivity index (χ1) is 7.13. The van der Waals surface area contributed by atoms with Crippen LogP contribution in [0.2, 0.25) is 0 Å². The Morgan fingerprint density at radius 3 is 2.80 bits per heavy atom. The van der Waals surface area contributed by atoms with Gasteiger partial charge in [0.2, 0.25) is 0 Å². The molecule has 1 heterocycles. The molecule has 0 aliphatic carbocycles. The largest absolute Gasteiger partial charge is 0.360 e. The summed E-state index contributed by atoms with van der Waals surface area (Å²) in [5.41, 5.74) is 1.07. The van der Waals surface area contributed by atoms with Crippen LogP contribution in [0.15, 0.2) is 12.4 Å². The number of anilines is 1. The SMILES string of the molecule is CCc1cc(N(C)CCC(C)Cl)ncn1. The molecular weight excluding hydrogens is 210 g/mol. The van der Waals surface area contributed by atoms with Crippen molar-refractivity contribution in [3.63, 3.8) is 0 Å². The predicted octanol–water partition coefficient (Wildman–Crippen LogP) is 2.49. The molecule has 0 bridgehead atoms. The Morgan fingerprint density at radius 1 is 1.47 bits per heavy atom. The summed E-state index contributed by atoms with van der Waals surface area (Å²) in [6, 6.07) is 2.03. The van der Waals surface area contributed by atoms with Gasteiger partial charge in [0, 0.05) is 30.7 Å². The number of aromatic nitrogens is 2. The zero-order valence-electron chi connectivity index (χ0n) is 9.57. The summed E-state index contributed by atoms with van der Waals surface area (Å²) in [7, 11) is 2.03. The molecule has 0 fully saturated rings. The van der Waals surface area contributed by atoms with E-state index >= 15 is 0 Å². The van der Waals surface area contributed by atoms with Crippen LogP contribution >= 0.6 is 11.6 Å². The lowest BCUT2D eigenvalue weighted by Gasteiger charge is -2.18. The lowest BCUT2D eigenvalue weighted by Crippen LogP contribution is -2.21. The van der Waals surface area contributed by atoms with Crippen molar-refractivity contribution in [2.75, 3.05) is 18.5 Å². The summed E-state index contributed by atoms with van der Waals surface area (Å²) in [5, 5.41) is 0.208. The summed E-state index contributed by atoms with van der Waals surface area (Å²) in [5.74, 6) is 0.971. The van der Waals surface area contributed by atoms with Crippen LogP contribution in [0, 0.1) is 0 Å². The zero-order chi connectivity index (χ0) is 11.3. The molecule has 4 heteroatoms. The minimum Gasteiger partial charge on any atom is -0.360 e. The molecule has 1 rings (SSSR count). The van der Waals surface area contributed by atoms with E-state index in [1.165, 1.54) is 0 Å². The van der Waals surface area contributed by atoms with Gasteiger partial charge in [0.25, 0.3) is 0 Å². The third kappa shape index (κ3) is 4.04. The Labute approximate surface area is 96.5 Å². The number of hydrogen-bond donors (Lipinski definition) is 0. The first-order valence-corrected chi connectivity index (χ1v) is 5.73. The quantitative estimate of drug-likeness (QED) is 0.724. The average molecular weight is 228 g/mol. The topological polar surface area (TPSA) is 29.0 Å². The first-order valence-electron chi connectivity index (χ1n) is 5.29. The fourth-order valence-corrected chi connectivity index (χ4v) is 1.37. The number of rotatable bonds is 5. The van der Waals surface area contributed by atoms with Crippen molar-refractivity contribution >= 4 is 17.4 Å². The molecule has 0 spiro atoms. The Morgan fingerprint density at radius 2 is 2.20 bits per heavy atom. The molecule has 0 aliphatic rings. The number of aryl methyl sites for hydroxylation is 1. The predicted molar refractivity (Wildman–Crippen MR) is 64.6 cm³/mol. The van der Waals surface area contributed by atoms with Gasteiger partial charge in [-0.25, -0.2) is 9.97 Å². The minimum atomic E-state index is 0.208. The number of nitrogens with zero attached hydrogens (tertiary/aromatic N) is 3. The fraction of sp³-hybridized carbons (Fsp3) is 0.636. The lowest BCUT2D eigenvalue weighted by atomic mass is 10.3. The van der Waals surface area contributed by atoms with E-state index in [-0.39, 0.29) is 5.38 Å². The normalized spacial score (nSPS) is 12.5. The molecule has 0 saturated carbocycles. The summed E-state index contributed by atoms with van der Waals surface area (Å²) in [6.45, 7) is 5.02. The highest BCUT2D eigenvalue weighted by Gasteiger charge is 2.05. The summed E-state index contributed by atoms with van der Waals surface area (Å²) < 4.78 is 0. The van der Waals surface area contributed by atoms with E-state index < -0.39 is 0 Å². The molecule has 15 heavy (non-hydrogen) atoms. The van der Waals surface area contributed by atoms with Crippen LogP contribution in [0.25, 0.3) is 0 Å². The molecule has 1 aromatic rings. The molecule has 0 amide bonds. The second-order valence-electron chi connectivity index (χ2n) is 3.71. The van der Waals surface area contributed by atoms with Crippen molar-refractivity contribution in [2.45, 2.75) is 32.1 Å². The molecule has 0 saturated heterocycles. The monoisotopic (exact) mass is 227 g/mol. The Balaban J connectivity index is 2.60. The van der Waals surface area contributed by atoms with Crippen LogP contribution in [-0.4, -0.2) is 28.9 Å². The average Bonchev–Trinajstić information content (AvgIpc) is 2.26. The highest BCUT2D eigenvalue weighted by molar-refractivity contribution is 6.20. The van der Waals surface area contributed by atoms with Crippen LogP contribution in [0.5, 0.6) is 0 Å². The molecule has 1 atom stereocenters. The van der Waals surface area contributed by atoms with Crippen molar-refractivity contribution < 1.29 is 0 Å². The maximum Gasteiger partial charge on any atom is 0.131 e. The minimum absolute atomic E-state index is 0.208. The van der Waals surface area contributed by atoms with Crippen molar-refractivity contribution in [1.29, 1.82) is 0 Å². The van der Waals surface area contributed by atoms with Crippen LogP contribution in [0.1, 0.15) is 26.0 Å². The molecule has 0 radical (unpaired) electrons. The van der Waals surface area contributed by atoms with E-state index in [4.69, 9.17) is 11.6 Å².